The quantitative estimate of drug-likeness (QED) is 0.373. The lowest BCUT2D eigenvalue weighted by molar-refractivity contribution is 0.319. The summed E-state index contributed by atoms with van der Waals surface area (Å²) in [7, 11) is 0. The Bertz CT molecular complexity index is 975. The highest BCUT2D eigenvalue weighted by Crippen LogP contribution is 2.38. The number of benzene rings is 3. The van der Waals surface area contributed by atoms with Gasteiger partial charge >= 0.3 is 0 Å². The van der Waals surface area contributed by atoms with E-state index >= 15 is 4.39 Å². The molecule has 1 fully saturated rings. The van der Waals surface area contributed by atoms with Crippen molar-refractivity contribution in [3.63, 3.8) is 0 Å². The van der Waals surface area contributed by atoms with Gasteiger partial charge in [0, 0.05) is 10.9 Å². The van der Waals surface area contributed by atoms with Gasteiger partial charge in [0.05, 0.1) is 0 Å². The monoisotopic (exact) mass is 386 g/mol. The number of hydrogen-bond donors (Lipinski definition) is 0. The van der Waals surface area contributed by atoms with E-state index in [-0.39, 0.29) is 5.82 Å². The first-order chi connectivity index (χ1) is 14.2. The highest BCUT2D eigenvalue weighted by atomic mass is 19.1. The molecule has 0 bridgehead atoms. The Balaban J connectivity index is 1.58. The number of halogens is 1. The number of rotatable bonds is 6. The standard InChI is InChI=1S/C28H31F/c1-3-5-6-21-9-13-23(14-10-21)26-18-16-25-19-24(15-17-27(25)28(26)29)22-11-7-20(4-2)8-12-22/h3,9-10,13-20,22H,1,4-8,11-12H2,2H3/t20-,22-. The van der Waals surface area contributed by atoms with Gasteiger partial charge < -0.3 is 0 Å². The van der Waals surface area contributed by atoms with E-state index in [9.17, 15) is 0 Å². The third-order valence-corrected chi connectivity index (χ3v) is 6.78. The van der Waals surface area contributed by atoms with Crippen molar-refractivity contribution in [3.05, 3.63) is 84.2 Å². The molecule has 0 atom stereocenters. The molecule has 0 spiro atoms. The highest BCUT2D eigenvalue weighted by molar-refractivity contribution is 5.89. The topological polar surface area (TPSA) is 0 Å². The van der Waals surface area contributed by atoms with Crippen molar-refractivity contribution in [1.29, 1.82) is 0 Å². The first-order valence-electron chi connectivity index (χ1n) is 11.1. The van der Waals surface area contributed by atoms with Crippen LogP contribution in [0.25, 0.3) is 21.9 Å². The molecular formula is C28H31F. The van der Waals surface area contributed by atoms with Crippen LogP contribution in [-0.2, 0) is 6.42 Å². The number of aryl methyl sites for hydroxylation is 1. The first kappa shape index (κ1) is 19.9. The van der Waals surface area contributed by atoms with Crippen molar-refractivity contribution < 1.29 is 4.39 Å². The van der Waals surface area contributed by atoms with E-state index in [1.165, 1.54) is 43.2 Å². The first-order valence-corrected chi connectivity index (χ1v) is 11.1. The second-order valence-corrected chi connectivity index (χ2v) is 8.56. The van der Waals surface area contributed by atoms with E-state index in [1.807, 2.05) is 30.3 Å². The summed E-state index contributed by atoms with van der Waals surface area (Å²) in [4.78, 5) is 0. The zero-order chi connectivity index (χ0) is 20.2. The Kier molecular flexibility index (Phi) is 6.13. The van der Waals surface area contributed by atoms with Crippen LogP contribution in [0.2, 0.25) is 0 Å². The maximum Gasteiger partial charge on any atom is 0.138 e. The largest absolute Gasteiger partial charge is 0.206 e. The molecule has 0 unspecified atom stereocenters. The molecule has 150 valence electrons. The lowest BCUT2D eigenvalue weighted by Crippen LogP contribution is -2.12. The van der Waals surface area contributed by atoms with Gasteiger partial charge in [-0.25, -0.2) is 4.39 Å². The molecule has 1 aliphatic rings. The van der Waals surface area contributed by atoms with Crippen LogP contribution < -0.4 is 0 Å². The van der Waals surface area contributed by atoms with Crippen molar-refractivity contribution in [2.24, 2.45) is 5.92 Å². The molecule has 1 heteroatoms. The summed E-state index contributed by atoms with van der Waals surface area (Å²) in [5.74, 6) is 1.42. The number of allylic oxidation sites excluding steroid dienone is 1. The smallest absolute Gasteiger partial charge is 0.138 e. The molecule has 0 aromatic heterocycles. The molecular weight excluding hydrogens is 355 g/mol. The summed E-state index contributed by atoms with van der Waals surface area (Å²) >= 11 is 0. The van der Waals surface area contributed by atoms with Crippen LogP contribution in [-0.4, -0.2) is 0 Å². The Hall–Kier alpha value is -2.41. The maximum absolute atomic E-state index is 15.3. The molecule has 1 saturated carbocycles. The van der Waals surface area contributed by atoms with Crippen LogP contribution in [0.5, 0.6) is 0 Å². The van der Waals surface area contributed by atoms with Crippen molar-refractivity contribution in [2.45, 2.75) is 57.8 Å². The summed E-state index contributed by atoms with van der Waals surface area (Å²) in [5, 5.41) is 1.74. The van der Waals surface area contributed by atoms with Gasteiger partial charge in [-0.3, -0.25) is 0 Å². The van der Waals surface area contributed by atoms with E-state index in [0.29, 0.717) is 11.5 Å². The summed E-state index contributed by atoms with van der Waals surface area (Å²) < 4.78 is 15.3. The maximum atomic E-state index is 15.3. The molecule has 4 rings (SSSR count). The molecule has 0 amide bonds. The van der Waals surface area contributed by atoms with Crippen LogP contribution in [0.4, 0.5) is 4.39 Å². The Morgan fingerprint density at radius 2 is 1.72 bits per heavy atom. The predicted molar refractivity (Wildman–Crippen MR) is 123 cm³/mol. The van der Waals surface area contributed by atoms with Crippen molar-refractivity contribution in [2.75, 3.05) is 0 Å². The molecule has 3 aromatic rings. The van der Waals surface area contributed by atoms with Crippen LogP contribution in [0, 0.1) is 11.7 Å². The Labute approximate surface area is 174 Å². The fourth-order valence-electron chi connectivity index (χ4n) is 4.81. The van der Waals surface area contributed by atoms with Crippen LogP contribution in [0.15, 0.2) is 67.3 Å². The zero-order valence-electron chi connectivity index (χ0n) is 17.5. The second-order valence-electron chi connectivity index (χ2n) is 8.56. The molecule has 0 nitrogen and oxygen atoms in total. The molecule has 29 heavy (non-hydrogen) atoms. The minimum Gasteiger partial charge on any atom is -0.206 e. The van der Waals surface area contributed by atoms with Gasteiger partial charge in [-0.2, -0.15) is 0 Å². The van der Waals surface area contributed by atoms with Gasteiger partial charge in [-0.1, -0.05) is 74.0 Å². The lowest BCUT2D eigenvalue weighted by atomic mass is 9.77. The fraction of sp³-hybridized carbons (Fsp3) is 0.357. The van der Waals surface area contributed by atoms with Gasteiger partial charge in [0.2, 0.25) is 0 Å². The SMILES string of the molecule is C=CCCc1ccc(-c2ccc3cc([C@H]4CC[C@H](CC)CC4)ccc3c2F)cc1. The van der Waals surface area contributed by atoms with Gasteiger partial charge in [-0.05, 0) is 72.4 Å². The van der Waals surface area contributed by atoms with E-state index in [0.717, 1.165) is 35.1 Å². The number of fused-ring (bicyclic) bond motifs is 1. The summed E-state index contributed by atoms with van der Waals surface area (Å²) in [6.45, 7) is 6.08. The molecule has 0 N–H and O–H groups in total. The van der Waals surface area contributed by atoms with Crippen LogP contribution in [0.1, 0.15) is 62.5 Å². The summed E-state index contributed by atoms with van der Waals surface area (Å²) in [6, 6.07) is 18.6. The minimum atomic E-state index is -0.109. The molecule has 3 aromatic carbocycles. The Morgan fingerprint density at radius 3 is 2.41 bits per heavy atom. The average molecular weight is 387 g/mol. The fourth-order valence-corrected chi connectivity index (χ4v) is 4.81. The number of hydrogen-bond acceptors (Lipinski definition) is 0. The molecule has 0 heterocycles. The summed E-state index contributed by atoms with van der Waals surface area (Å²) in [6.07, 6.45) is 10.4. The third kappa shape index (κ3) is 4.29. The Morgan fingerprint density at radius 1 is 0.966 bits per heavy atom. The summed E-state index contributed by atoms with van der Waals surface area (Å²) in [5.41, 5.74) is 4.26. The van der Waals surface area contributed by atoms with Gasteiger partial charge in [0.1, 0.15) is 5.82 Å². The minimum absolute atomic E-state index is 0.109. The van der Waals surface area contributed by atoms with Gasteiger partial charge in [0.25, 0.3) is 0 Å². The van der Waals surface area contributed by atoms with E-state index in [1.54, 1.807) is 0 Å². The van der Waals surface area contributed by atoms with Gasteiger partial charge in [0.15, 0.2) is 0 Å². The molecule has 0 radical (unpaired) electrons. The third-order valence-electron chi connectivity index (χ3n) is 6.78. The average Bonchev–Trinajstić information content (AvgIpc) is 2.78. The van der Waals surface area contributed by atoms with Gasteiger partial charge in [-0.15, -0.1) is 6.58 Å². The van der Waals surface area contributed by atoms with Crippen molar-refractivity contribution >= 4 is 10.8 Å². The molecule has 0 saturated heterocycles. The van der Waals surface area contributed by atoms with Crippen LogP contribution in [0.3, 0.4) is 0 Å². The molecule has 1 aliphatic carbocycles. The normalized spacial score (nSPS) is 19.4. The van der Waals surface area contributed by atoms with Crippen molar-refractivity contribution in [3.8, 4) is 11.1 Å². The zero-order valence-corrected chi connectivity index (χ0v) is 17.5. The van der Waals surface area contributed by atoms with Crippen LogP contribution >= 0.6 is 0 Å². The predicted octanol–water partition coefficient (Wildman–Crippen LogP) is 8.45. The van der Waals surface area contributed by atoms with E-state index in [2.05, 4.69) is 43.8 Å². The van der Waals surface area contributed by atoms with E-state index < -0.39 is 0 Å². The lowest BCUT2D eigenvalue weighted by Gasteiger charge is -2.28. The molecule has 0 aliphatic heterocycles. The second kappa shape index (κ2) is 8.95. The van der Waals surface area contributed by atoms with E-state index in [4.69, 9.17) is 0 Å². The van der Waals surface area contributed by atoms with Crippen molar-refractivity contribution in [1.82, 2.24) is 0 Å². The highest BCUT2D eigenvalue weighted by Gasteiger charge is 2.21.